The summed E-state index contributed by atoms with van der Waals surface area (Å²) in [6, 6.07) is 12.9. The topological polar surface area (TPSA) is 69.2 Å². The van der Waals surface area contributed by atoms with E-state index in [1.165, 1.54) is 6.21 Å². The standard InChI is InChI=1S/C18H20N2O4/c1-22-14-10-16(23-2)15(17(11-14)24-3)12-19-20-18(21)9-13-7-5-4-6-8-13/h4-8,10-12H,9H2,1-3H3,(H,20,21)/b19-12-. The van der Waals surface area contributed by atoms with E-state index in [4.69, 9.17) is 14.2 Å². The maximum atomic E-state index is 11.9. The Kier molecular flexibility index (Phi) is 6.19. The van der Waals surface area contributed by atoms with Crippen LogP contribution in [-0.2, 0) is 11.2 Å². The van der Waals surface area contributed by atoms with Gasteiger partial charge in [0.05, 0.1) is 39.5 Å². The lowest BCUT2D eigenvalue weighted by Crippen LogP contribution is -2.19. The van der Waals surface area contributed by atoms with Crippen molar-refractivity contribution in [2.75, 3.05) is 21.3 Å². The van der Waals surface area contributed by atoms with Gasteiger partial charge in [0.25, 0.3) is 0 Å². The van der Waals surface area contributed by atoms with Gasteiger partial charge in [0.2, 0.25) is 5.91 Å². The van der Waals surface area contributed by atoms with Crippen molar-refractivity contribution in [2.24, 2.45) is 5.10 Å². The minimum atomic E-state index is -0.205. The molecule has 1 N–H and O–H groups in total. The minimum absolute atomic E-state index is 0.205. The number of nitrogens with one attached hydrogen (secondary N) is 1. The summed E-state index contributed by atoms with van der Waals surface area (Å²) in [5, 5.41) is 3.99. The van der Waals surface area contributed by atoms with Crippen LogP contribution in [0.25, 0.3) is 0 Å². The lowest BCUT2D eigenvalue weighted by atomic mass is 10.1. The smallest absolute Gasteiger partial charge is 0.244 e. The van der Waals surface area contributed by atoms with E-state index in [9.17, 15) is 4.79 Å². The Labute approximate surface area is 141 Å². The van der Waals surface area contributed by atoms with E-state index in [1.54, 1.807) is 33.5 Å². The second-order valence-electron chi connectivity index (χ2n) is 4.90. The van der Waals surface area contributed by atoms with Gasteiger partial charge in [-0.2, -0.15) is 5.10 Å². The number of hydrazone groups is 1. The first-order chi connectivity index (χ1) is 11.7. The van der Waals surface area contributed by atoms with Crippen molar-refractivity contribution in [3.05, 3.63) is 53.6 Å². The molecule has 0 atom stereocenters. The van der Waals surface area contributed by atoms with E-state index in [0.717, 1.165) is 5.56 Å². The summed E-state index contributed by atoms with van der Waals surface area (Å²) in [5.41, 5.74) is 4.03. The summed E-state index contributed by atoms with van der Waals surface area (Å²) >= 11 is 0. The Morgan fingerprint density at radius 1 is 1.04 bits per heavy atom. The number of amides is 1. The summed E-state index contributed by atoms with van der Waals surface area (Å²) in [7, 11) is 4.64. The Morgan fingerprint density at radius 3 is 2.21 bits per heavy atom. The fraction of sp³-hybridized carbons (Fsp3) is 0.222. The van der Waals surface area contributed by atoms with Gasteiger partial charge in [-0.1, -0.05) is 30.3 Å². The summed E-state index contributed by atoms with van der Waals surface area (Å²) in [6.07, 6.45) is 1.75. The molecule has 126 valence electrons. The number of methoxy groups -OCH3 is 3. The zero-order chi connectivity index (χ0) is 17.4. The first-order valence-electron chi connectivity index (χ1n) is 7.33. The number of nitrogens with zero attached hydrogens (tertiary/aromatic N) is 1. The molecule has 0 saturated heterocycles. The molecular formula is C18H20N2O4. The zero-order valence-electron chi connectivity index (χ0n) is 13.9. The molecule has 6 nitrogen and oxygen atoms in total. The van der Waals surface area contributed by atoms with Crippen molar-refractivity contribution in [3.8, 4) is 17.2 Å². The van der Waals surface area contributed by atoms with Crippen LogP contribution in [0.1, 0.15) is 11.1 Å². The lowest BCUT2D eigenvalue weighted by Gasteiger charge is -2.12. The van der Waals surface area contributed by atoms with Crippen LogP contribution in [0, 0.1) is 0 Å². The summed E-state index contributed by atoms with van der Waals surface area (Å²) < 4.78 is 15.8. The van der Waals surface area contributed by atoms with Crippen molar-refractivity contribution >= 4 is 12.1 Å². The van der Waals surface area contributed by atoms with Crippen LogP contribution in [0.5, 0.6) is 17.2 Å². The van der Waals surface area contributed by atoms with Gasteiger partial charge in [-0.25, -0.2) is 5.43 Å². The number of carbonyl (C=O) groups is 1. The van der Waals surface area contributed by atoms with Gasteiger partial charge in [0.15, 0.2) is 0 Å². The molecule has 0 aliphatic carbocycles. The maximum absolute atomic E-state index is 11.9. The number of benzene rings is 2. The molecule has 0 aromatic heterocycles. The van der Waals surface area contributed by atoms with Gasteiger partial charge in [-0.05, 0) is 5.56 Å². The fourth-order valence-corrected chi connectivity index (χ4v) is 2.15. The van der Waals surface area contributed by atoms with Crippen LogP contribution in [0.4, 0.5) is 0 Å². The first-order valence-corrected chi connectivity index (χ1v) is 7.33. The van der Waals surface area contributed by atoms with Gasteiger partial charge in [0, 0.05) is 12.1 Å². The Morgan fingerprint density at radius 2 is 1.67 bits per heavy atom. The minimum Gasteiger partial charge on any atom is -0.496 e. The van der Waals surface area contributed by atoms with Crippen molar-refractivity contribution in [1.82, 2.24) is 5.43 Å². The molecule has 0 radical (unpaired) electrons. The number of rotatable bonds is 7. The fourth-order valence-electron chi connectivity index (χ4n) is 2.15. The molecule has 2 aromatic rings. The van der Waals surface area contributed by atoms with E-state index in [2.05, 4.69) is 10.5 Å². The van der Waals surface area contributed by atoms with Crippen LogP contribution in [0.3, 0.4) is 0 Å². The van der Waals surface area contributed by atoms with Crippen LogP contribution in [0.15, 0.2) is 47.6 Å². The first kappa shape index (κ1) is 17.3. The Hall–Kier alpha value is -3.02. The number of ether oxygens (including phenoxy) is 3. The second kappa shape index (κ2) is 8.57. The van der Waals surface area contributed by atoms with Crippen LogP contribution in [-0.4, -0.2) is 33.5 Å². The van der Waals surface area contributed by atoms with E-state index in [-0.39, 0.29) is 12.3 Å². The van der Waals surface area contributed by atoms with Crippen molar-refractivity contribution < 1.29 is 19.0 Å². The number of carbonyl (C=O) groups excluding carboxylic acids is 1. The molecule has 0 saturated carbocycles. The van der Waals surface area contributed by atoms with Crippen molar-refractivity contribution in [2.45, 2.75) is 6.42 Å². The maximum Gasteiger partial charge on any atom is 0.244 e. The molecule has 2 aromatic carbocycles. The third-order valence-electron chi connectivity index (χ3n) is 3.34. The van der Waals surface area contributed by atoms with Gasteiger partial charge in [-0.15, -0.1) is 0 Å². The zero-order valence-corrected chi connectivity index (χ0v) is 13.9. The number of hydrogen-bond donors (Lipinski definition) is 1. The molecule has 0 unspecified atom stereocenters. The van der Waals surface area contributed by atoms with E-state index < -0.39 is 0 Å². The molecule has 1 amide bonds. The highest BCUT2D eigenvalue weighted by molar-refractivity contribution is 5.89. The molecule has 0 aliphatic heterocycles. The average molecular weight is 328 g/mol. The van der Waals surface area contributed by atoms with Crippen molar-refractivity contribution in [1.29, 1.82) is 0 Å². The highest BCUT2D eigenvalue weighted by Gasteiger charge is 2.11. The van der Waals surface area contributed by atoms with Gasteiger partial charge >= 0.3 is 0 Å². The summed E-state index contributed by atoms with van der Waals surface area (Å²) in [5.74, 6) is 1.47. The molecule has 0 heterocycles. The normalized spacial score (nSPS) is 10.5. The predicted octanol–water partition coefficient (Wildman–Crippen LogP) is 2.41. The predicted molar refractivity (Wildman–Crippen MR) is 92.0 cm³/mol. The number of hydrogen-bond acceptors (Lipinski definition) is 5. The van der Waals surface area contributed by atoms with E-state index in [1.807, 2.05) is 30.3 Å². The van der Waals surface area contributed by atoms with Crippen molar-refractivity contribution in [3.63, 3.8) is 0 Å². The third kappa shape index (κ3) is 4.49. The molecule has 0 aliphatic rings. The van der Waals surface area contributed by atoms with Gasteiger partial charge in [-0.3, -0.25) is 4.79 Å². The highest BCUT2D eigenvalue weighted by atomic mass is 16.5. The average Bonchev–Trinajstić information content (AvgIpc) is 2.62. The van der Waals surface area contributed by atoms with E-state index >= 15 is 0 Å². The largest absolute Gasteiger partial charge is 0.496 e. The SMILES string of the molecule is COc1cc(OC)c(/C=N\NC(=O)Cc2ccccc2)c(OC)c1. The lowest BCUT2D eigenvalue weighted by molar-refractivity contribution is -0.120. The van der Waals surface area contributed by atoms with Crippen LogP contribution in [0.2, 0.25) is 0 Å². The molecule has 0 spiro atoms. The molecule has 24 heavy (non-hydrogen) atoms. The monoisotopic (exact) mass is 328 g/mol. The highest BCUT2D eigenvalue weighted by Crippen LogP contribution is 2.32. The van der Waals surface area contributed by atoms with Gasteiger partial charge < -0.3 is 14.2 Å². The molecule has 0 fully saturated rings. The Bertz CT molecular complexity index is 689. The third-order valence-corrected chi connectivity index (χ3v) is 3.34. The molecule has 0 bridgehead atoms. The summed E-state index contributed by atoms with van der Waals surface area (Å²) in [4.78, 5) is 11.9. The molecule has 2 rings (SSSR count). The Balaban J connectivity index is 2.09. The summed E-state index contributed by atoms with van der Waals surface area (Å²) in [6.45, 7) is 0. The molecular weight excluding hydrogens is 308 g/mol. The van der Waals surface area contributed by atoms with E-state index in [0.29, 0.717) is 22.8 Å². The van der Waals surface area contributed by atoms with Crippen LogP contribution < -0.4 is 19.6 Å². The van der Waals surface area contributed by atoms with Crippen LogP contribution >= 0.6 is 0 Å². The van der Waals surface area contributed by atoms with Gasteiger partial charge in [0.1, 0.15) is 17.2 Å². The quantitative estimate of drug-likeness (QED) is 0.626. The molecule has 6 heteroatoms. The second-order valence-corrected chi connectivity index (χ2v) is 4.90.